The summed E-state index contributed by atoms with van der Waals surface area (Å²) in [5.74, 6) is -0.932. The maximum absolute atomic E-state index is 11.1. The van der Waals surface area contributed by atoms with Crippen LogP contribution in [-0.4, -0.2) is 16.1 Å². The van der Waals surface area contributed by atoms with Crippen LogP contribution in [0.3, 0.4) is 0 Å². The van der Waals surface area contributed by atoms with Gasteiger partial charge in [0, 0.05) is 10.0 Å². The van der Waals surface area contributed by atoms with Crippen molar-refractivity contribution < 1.29 is 9.90 Å². The Balaban J connectivity index is 2.63. The molecular weight excluding hydrogens is 302 g/mol. The molecule has 5 heteroatoms. The Hall–Kier alpha value is -1.20. The highest BCUT2D eigenvalue weighted by molar-refractivity contribution is 9.10. The molecule has 0 aliphatic rings. The Morgan fingerprint density at radius 1 is 1.41 bits per heavy atom. The zero-order valence-electron chi connectivity index (χ0n) is 9.32. The Bertz CT molecular complexity index is 592. The topological polar surface area (TPSA) is 50.2 Å². The standard InChI is InChI=1S/C12H10BrNO2S/c1-6-3-4-8(9(13)5-6)10-11(12(15)16)17-7(2)14-10/h3-5H,1-2H3,(H,15,16). The third-order valence-electron chi connectivity index (χ3n) is 2.31. The van der Waals surface area contributed by atoms with Crippen LogP contribution in [-0.2, 0) is 0 Å². The fourth-order valence-electron chi connectivity index (χ4n) is 1.57. The van der Waals surface area contributed by atoms with Gasteiger partial charge in [-0.25, -0.2) is 9.78 Å². The molecule has 0 bridgehead atoms. The van der Waals surface area contributed by atoms with E-state index in [9.17, 15) is 4.79 Å². The van der Waals surface area contributed by atoms with E-state index < -0.39 is 5.97 Å². The van der Waals surface area contributed by atoms with Crippen molar-refractivity contribution in [3.63, 3.8) is 0 Å². The SMILES string of the molecule is Cc1ccc(-c2nc(C)sc2C(=O)O)c(Br)c1. The van der Waals surface area contributed by atoms with Crippen molar-refractivity contribution in [1.29, 1.82) is 0 Å². The maximum Gasteiger partial charge on any atom is 0.348 e. The minimum Gasteiger partial charge on any atom is -0.477 e. The van der Waals surface area contributed by atoms with Crippen LogP contribution >= 0.6 is 27.3 Å². The fourth-order valence-corrected chi connectivity index (χ4v) is 3.02. The Kier molecular flexibility index (Phi) is 3.31. The molecule has 1 aromatic carbocycles. The molecule has 2 rings (SSSR count). The molecule has 0 saturated heterocycles. The highest BCUT2D eigenvalue weighted by atomic mass is 79.9. The van der Waals surface area contributed by atoms with Gasteiger partial charge in [0.25, 0.3) is 0 Å². The van der Waals surface area contributed by atoms with E-state index in [2.05, 4.69) is 20.9 Å². The first-order chi connectivity index (χ1) is 7.99. The highest BCUT2D eigenvalue weighted by Gasteiger charge is 2.18. The van der Waals surface area contributed by atoms with Crippen molar-refractivity contribution in [1.82, 2.24) is 4.98 Å². The van der Waals surface area contributed by atoms with Crippen molar-refractivity contribution >= 4 is 33.2 Å². The summed E-state index contributed by atoms with van der Waals surface area (Å²) in [7, 11) is 0. The Labute approximate surface area is 111 Å². The summed E-state index contributed by atoms with van der Waals surface area (Å²) in [5, 5.41) is 9.90. The molecule has 1 aromatic heterocycles. The average Bonchev–Trinajstić information content (AvgIpc) is 2.60. The van der Waals surface area contributed by atoms with Crippen LogP contribution in [0.15, 0.2) is 22.7 Å². The second kappa shape index (κ2) is 4.58. The van der Waals surface area contributed by atoms with E-state index in [0.29, 0.717) is 5.69 Å². The van der Waals surface area contributed by atoms with Gasteiger partial charge in [-0.2, -0.15) is 0 Å². The lowest BCUT2D eigenvalue weighted by Crippen LogP contribution is -1.96. The summed E-state index contributed by atoms with van der Waals surface area (Å²) in [6, 6.07) is 5.79. The number of nitrogens with zero attached hydrogens (tertiary/aromatic N) is 1. The van der Waals surface area contributed by atoms with Gasteiger partial charge in [0.15, 0.2) is 0 Å². The number of carbonyl (C=O) groups is 1. The number of hydrogen-bond donors (Lipinski definition) is 1. The second-order valence-corrected chi connectivity index (χ2v) is 5.76. The van der Waals surface area contributed by atoms with E-state index in [-0.39, 0.29) is 4.88 Å². The number of carboxylic acid groups (broad SMARTS) is 1. The molecule has 1 heterocycles. The third kappa shape index (κ3) is 2.40. The van der Waals surface area contributed by atoms with E-state index in [1.54, 1.807) is 0 Å². The fraction of sp³-hybridized carbons (Fsp3) is 0.167. The number of aromatic carboxylic acids is 1. The highest BCUT2D eigenvalue weighted by Crippen LogP contribution is 2.33. The lowest BCUT2D eigenvalue weighted by molar-refractivity contribution is 0.0702. The third-order valence-corrected chi connectivity index (χ3v) is 3.92. The van der Waals surface area contributed by atoms with Crippen molar-refractivity contribution in [2.45, 2.75) is 13.8 Å². The first kappa shape index (κ1) is 12.3. The van der Waals surface area contributed by atoms with E-state index in [1.807, 2.05) is 32.0 Å². The lowest BCUT2D eigenvalue weighted by Gasteiger charge is -2.03. The number of halogens is 1. The Morgan fingerprint density at radius 3 is 2.71 bits per heavy atom. The van der Waals surface area contributed by atoms with Gasteiger partial charge in [0.2, 0.25) is 0 Å². The summed E-state index contributed by atoms with van der Waals surface area (Å²) in [6.45, 7) is 3.79. The van der Waals surface area contributed by atoms with Crippen molar-refractivity contribution in [3.8, 4) is 11.3 Å². The van der Waals surface area contributed by atoms with E-state index in [1.165, 1.54) is 11.3 Å². The summed E-state index contributed by atoms with van der Waals surface area (Å²) < 4.78 is 0.866. The summed E-state index contributed by atoms with van der Waals surface area (Å²) in [4.78, 5) is 15.7. The average molecular weight is 312 g/mol. The largest absolute Gasteiger partial charge is 0.477 e. The zero-order chi connectivity index (χ0) is 12.6. The first-order valence-corrected chi connectivity index (χ1v) is 6.57. The van der Waals surface area contributed by atoms with Crippen molar-refractivity contribution in [2.24, 2.45) is 0 Å². The smallest absolute Gasteiger partial charge is 0.348 e. The second-order valence-electron chi connectivity index (χ2n) is 3.70. The van der Waals surface area contributed by atoms with Gasteiger partial charge in [-0.1, -0.05) is 28.1 Å². The van der Waals surface area contributed by atoms with Gasteiger partial charge in [-0.3, -0.25) is 0 Å². The van der Waals surface area contributed by atoms with Crippen LogP contribution in [0, 0.1) is 13.8 Å². The number of aromatic nitrogens is 1. The van der Waals surface area contributed by atoms with Gasteiger partial charge < -0.3 is 5.11 Å². The molecule has 0 aliphatic carbocycles. The van der Waals surface area contributed by atoms with E-state index >= 15 is 0 Å². The summed E-state index contributed by atoms with van der Waals surface area (Å²) >= 11 is 4.65. The molecule has 0 spiro atoms. The minimum absolute atomic E-state index is 0.284. The molecule has 88 valence electrons. The Morgan fingerprint density at radius 2 is 2.12 bits per heavy atom. The number of rotatable bonds is 2. The molecule has 0 atom stereocenters. The van der Waals surface area contributed by atoms with Gasteiger partial charge in [-0.15, -0.1) is 11.3 Å². The van der Waals surface area contributed by atoms with Crippen LogP contribution in [0.4, 0.5) is 0 Å². The summed E-state index contributed by atoms with van der Waals surface area (Å²) in [5.41, 5.74) is 2.47. The molecule has 0 radical (unpaired) electrons. The van der Waals surface area contributed by atoms with Gasteiger partial charge in [0.1, 0.15) is 4.88 Å². The number of hydrogen-bond acceptors (Lipinski definition) is 3. The normalized spacial score (nSPS) is 10.5. The summed E-state index contributed by atoms with van der Waals surface area (Å²) in [6.07, 6.45) is 0. The number of thiazole rings is 1. The number of aryl methyl sites for hydroxylation is 2. The predicted octanol–water partition coefficient (Wildman–Crippen LogP) is 3.89. The van der Waals surface area contributed by atoms with Gasteiger partial charge >= 0.3 is 5.97 Å². The molecule has 0 fully saturated rings. The van der Waals surface area contributed by atoms with Crippen LogP contribution in [0.2, 0.25) is 0 Å². The number of carboxylic acids is 1. The van der Waals surface area contributed by atoms with Crippen molar-refractivity contribution in [3.05, 3.63) is 38.1 Å². The van der Waals surface area contributed by atoms with Crippen LogP contribution in [0.25, 0.3) is 11.3 Å². The van der Waals surface area contributed by atoms with Crippen LogP contribution in [0.5, 0.6) is 0 Å². The zero-order valence-corrected chi connectivity index (χ0v) is 11.7. The molecule has 2 aromatic rings. The lowest BCUT2D eigenvalue weighted by atomic mass is 10.1. The molecule has 0 saturated carbocycles. The molecule has 0 amide bonds. The minimum atomic E-state index is -0.932. The predicted molar refractivity (Wildman–Crippen MR) is 71.7 cm³/mol. The molecule has 1 N–H and O–H groups in total. The van der Waals surface area contributed by atoms with Crippen LogP contribution < -0.4 is 0 Å². The quantitative estimate of drug-likeness (QED) is 0.915. The van der Waals surface area contributed by atoms with Crippen LogP contribution in [0.1, 0.15) is 20.2 Å². The monoisotopic (exact) mass is 311 g/mol. The molecule has 3 nitrogen and oxygen atoms in total. The molecule has 17 heavy (non-hydrogen) atoms. The first-order valence-electron chi connectivity index (χ1n) is 4.96. The molecule has 0 aliphatic heterocycles. The molecule has 0 unspecified atom stereocenters. The van der Waals surface area contributed by atoms with Gasteiger partial charge in [-0.05, 0) is 25.5 Å². The van der Waals surface area contributed by atoms with E-state index in [0.717, 1.165) is 20.6 Å². The number of benzene rings is 1. The van der Waals surface area contributed by atoms with Crippen molar-refractivity contribution in [2.75, 3.05) is 0 Å². The van der Waals surface area contributed by atoms with Gasteiger partial charge in [0.05, 0.1) is 10.7 Å². The molecular formula is C12H10BrNO2S. The maximum atomic E-state index is 11.1. The van der Waals surface area contributed by atoms with E-state index in [4.69, 9.17) is 5.11 Å².